The first-order valence-corrected chi connectivity index (χ1v) is 11.8. The number of epoxide rings is 1. The monoisotopic (exact) mass is 484 g/mol. The van der Waals surface area contributed by atoms with Gasteiger partial charge in [-0.15, -0.1) is 0 Å². The maximum Gasteiger partial charge on any atom is 0.335 e. The third kappa shape index (κ3) is 6.41. The Morgan fingerprint density at radius 2 is 1.51 bits per heavy atom. The van der Waals surface area contributed by atoms with E-state index in [4.69, 9.17) is 23.7 Å². The lowest BCUT2D eigenvalue weighted by molar-refractivity contribution is -0.0740. The van der Waals surface area contributed by atoms with Gasteiger partial charge in [0.15, 0.2) is 0 Å². The number of benzene rings is 3. The maximum absolute atomic E-state index is 11.4. The molecule has 0 aliphatic carbocycles. The van der Waals surface area contributed by atoms with E-state index in [9.17, 15) is 15.0 Å². The van der Waals surface area contributed by atoms with Crippen molar-refractivity contribution in [3.05, 3.63) is 48.0 Å². The zero-order valence-electron chi connectivity index (χ0n) is 20.2. The van der Waals surface area contributed by atoms with Crippen LogP contribution in [0, 0.1) is 0 Å². The van der Waals surface area contributed by atoms with Crippen LogP contribution in [0.25, 0.3) is 21.5 Å². The van der Waals surface area contributed by atoms with Gasteiger partial charge in [0.2, 0.25) is 0 Å². The van der Waals surface area contributed by atoms with E-state index in [-0.39, 0.29) is 42.3 Å². The van der Waals surface area contributed by atoms with Crippen LogP contribution in [-0.2, 0) is 18.9 Å². The van der Waals surface area contributed by atoms with E-state index in [1.54, 1.807) is 12.1 Å². The van der Waals surface area contributed by atoms with Crippen LogP contribution in [0.2, 0.25) is 0 Å². The lowest BCUT2D eigenvalue weighted by atomic mass is 9.99. The van der Waals surface area contributed by atoms with Gasteiger partial charge in [-0.05, 0) is 39.0 Å². The second kappa shape index (κ2) is 11.2. The Morgan fingerprint density at radius 1 is 0.914 bits per heavy atom. The number of rotatable bonds is 13. The van der Waals surface area contributed by atoms with Gasteiger partial charge in [-0.2, -0.15) is 0 Å². The topological polar surface area (TPSA) is 107 Å². The smallest absolute Gasteiger partial charge is 0.335 e. The molecule has 188 valence electrons. The first-order valence-electron chi connectivity index (χ1n) is 11.8. The van der Waals surface area contributed by atoms with Gasteiger partial charge in [0.1, 0.15) is 24.2 Å². The Morgan fingerprint density at radius 3 is 2.17 bits per heavy atom. The summed E-state index contributed by atoms with van der Waals surface area (Å²) in [4.78, 5) is 11.4. The summed E-state index contributed by atoms with van der Waals surface area (Å²) < 4.78 is 28.7. The third-order valence-electron chi connectivity index (χ3n) is 5.86. The average Bonchev–Trinajstić information content (AvgIpc) is 3.69. The van der Waals surface area contributed by atoms with E-state index in [1.165, 1.54) is 12.1 Å². The van der Waals surface area contributed by atoms with Gasteiger partial charge >= 0.3 is 5.97 Å². The number of ether oxygens (including phenoxy) is 5. The minimum absolute atomic E-state index is 0.0138. The molecule has 1 saturated heterocycles. The molecule has 0 aromatic heterocycles. The summed E-state index contributed by atoms with van der Waals surface area (Å²) in [6.45, 7) is 8.37. The van der Waals surface area contributed by atoms with Crippen molar-refractivity contribution in [2.24, 2.45) is 0 Å². The van der Waals surface area contributed by atoms with E-state index in [0.717, 1.165) is 12.0 Å². The molecule has 4 unspecified atom stereocenters. The third-order valence-corrected chi connectivity index (χ3v) is 5.86. The Kier molecular flexibility index (Phi) is 8.07. The highest BCUT2D eigenvalue weighted by atomic mass is 16.6. The normalized spacial score (nSPS) is 17.9. The summed E-state index contributed by atoms with van der Waals surface area (Å²) in [5.74, 6) is -0.446. The standard InChI is InChI=1S/C27H32O8/c1-16(31-12-17(2)33-14-20-15-34-20)11-32-18(3)13-35-26-22-7-5-4-6-21(22)25(28)24-10-19(27(29)30)8-9-23(24)26/h4-10,16-18,20,28H,11-15H2,1-3H3,(H,29,30). The van der Waals surface area contributed by atoms with Crippen molar-refractivity contribution in [3.63, 3.8) is 0 Å². The SMILES string of the molecule is CC(COc1c2ccccc2c(O)c2cc(C(=O)O)ccc12)OCC(C)OCC(C)OCC1CO1. The highest BCUT2D eigenvalue weighted by molar-refractivity contribution is 6.12. The fraction of sp³-hybridized carbons (Fsp3) is 0.444. The van der Waals surface area contributed by atoms with E-state index >= 15 is 0 Å². The van der Waals surface area contributed by atoms with Gasteiger partial charge in [0.05, 0.1) is 50.3 Å². The van der Waals surface area contributed by atoms with E-state index in [1.807, 2.05) is 39.0 Å². The van der Waals surface area contributed by atoms with Crippen LogP contribution in [0.3, 0.4) is 0 Å². The fourth-order valence-corrected chi connectivity index (χ4v) is 3.78. The van der Waals surface area contributed by atoms with Crippen molar-refractivity contribution < 1.29 is 38.7 Å². The Bertz CT molecular complexity index is 1170. The summed E-state index contributed by atoms with van der Waals surface area (Å²) in [5, 5.41) is 22.6. The number of carboxylic acids is 1. The molecule has 1 aliphatic rings. The van der Waals surface area contributed by atoms with Gasteiger partial charge in [-0.25, -0.2) is 4.79 Å². The number of aromatic carboxylic acids is 1. The molecular formula is C27H32O8. The van der Waals surface area contributed by atoms with Crippen molar-refractivity contribution in [3.8, 4) is 11.5 Å². The molecule has 2 N–H and O–H groups in total. The molecule has 0 spiro atoms. The van der Waals surface area contributed by atoms with Gasteiger partial charge in [0.25, 0.3) is 0 Å². The van der Waals surface area contributed by atoms with E-state index in [2.05, 4.69) is 0 Å². The summed E-state index contributed by atoms with van der Waals surface area (Å²) in [5.41, 5.74) is 0.0975. The number of hydrogen-bond donors (Lipinski definition) is 2. The molecule has 35 heavy (non-hydrogen) atoms. The Balaban J connectivity index is 1.37. The largest absolute Gasteiger partial charge is 0.507 e. The number of hydrogen-bond acceptors (Lipinski definition) is 7. The number of carboxylic acid groups (broad SMARTS) is 1. The zero-order chi connectivity index (χ0) is 24.9. The molecule has 1 aliphatic heterocycles. The van der Waals surface area contributed by atoms with Crippen molar-refractivity contribution >= 4 is 27.5 Å². The predicted molar refractivity (Wildman–Crippen MR) is 132 cm³/mol. The molecule has 0 saturated carbocycles. The van der Waals surface area contributed by atoms with Crippen molar-refractivity contribution in [1.82, 2.24) is 0 Å². The summed E-state index contributed by atoms with van der Waals surface area (Å²) in [6, 6.07) is 12.0. The van der Waals surface area contributed by atoms with Crippen LogP contribution in [-0.4, -0.2) is 73.6 Å². The van der Waals surface area contributed by atoms with Gasteiger partial charge < -0.3 is 33.9 Å². The molecule has 8 nitrogen and oxygen atoms in total. The Labute approximate surface area is 204 Å². The predicted octanol–water partition coefficient (Wildman–Crippen LogP) is 4.39. The molecule has 8 heteroatoms. The Hall–Kier alpha value is -2.91. The van der Waals surface area contributed by atoms with Crippen LogP contribution in [0.15, 0.2) is 42.5 Å². The van der Waals surface area contributed by atoms with Crippen LogP contribution in [0.5, 0.6) is 11.5 Å². The molecule has 3 aromatic rings. The minimum Gasteiger partial charge on any atom is -0.507 e. The first kappa shape index (κ1) is 25.2. The van der Waals surface area contributed by atoms with Crippen molar-refractivity contribution in [2.45, 2.75) is 45.2 Å². The van der Waals surface area contributed by atoms with Crippen LogP contribution in [0.4, 0.5) is 0 Å². The number of fused-ring (bicyclic) bond motifs is 2. The van der Waals surface area contributed by atoms with Crippen LogP contribution >= 0.6 is 0 Å². The van der Waals surface area contributed by atoms with Gasteiger partial charge in [-0.1, -0.05) is 24.3 Å². The molecule has 3 aromatic carbocycles. The molecule has 0 amide bonds. The highest BCUT2D eigenvalue weighted by Gasteiger charge is 2.23. The summed E-state index contributed by atoms with van der Waals surface area (Å²) >= 11 is 0. The van der Waals surface area contributed by atoms with Crippen LogP contribution < -0.4 is 4.74 Å². The number of phenolic OH excluding ortho intramolecular Hbond substituents is 1. The summed E-state index contributed by atoms with van der Waals surface area (Å²) in [7, 11) is 0. The second-order valence-corrected chi connectivity index (χ2v) is 8.99. The van der Waals surface area contributed by atoms with E-state index in [0.29, 0.717) is 41.7 Å². The number of phenols is 1. The lowest BCUT2D eigenvalue weighted by Gasteiger charge is -2.21. The number of aromatic hydroxyl groups is 1. The minimum atomic E-state index is -1.06. The zero-order valence-corrected chi connectivity index (χ0v) is 20.2. The molecular weight excluding hydrogens is 452 g/mol. The average molecular weight is 485 g/mol. The number of carbonyl (C=O) groups is 1. The van der Waals surface area contributed by atoms with Crippen molar-refractivity contribution in [2.75, 3.05) is 33.0 Å². The molecule has 1 heterocycles. The maximum atomic E-state index is 11.4. The van der Waals surface area contributed by atoms with E-state index < -0.39 is 5.97 Å². The van der Waals surface area contributed by atoms with Crippen molar-refractivity contribution in [1.29, 1.82) is 0 Å². The van der Waals surface area contributed by atoms with Gasteiger partial charge in [-0.3, -0.25) is 0 Å². The summed E-state index contributed by atoms with van der Waals surface area (Å²) in [6.07, 6.45) is -0.102. The van der Waals surface area contributed by atoms with Crippen LogP contribution in [0.1, 0.15) is 31.1 Å². The first-order chi connectivity index (χ1) is 16.8. The second-order valence-electron chi connectivity index (χ2n) is 8.99. The fourth-order valence-electron chi connectivity index (χ4n) is 3.78. The quantitative estimate of drug-likeness (QED) is 0.272. The molecule has 4 atom stereocenters. The molecule has 0 bridgehead atoms. The highest BCUT2D eigenvalue weighted by Crippen LogP contribution is 2.42. The molecule has 4 rings (SSSR count). The molecule has 0 radical (unpaired) electrons. The van der Waals surface area contributed by atoms with Gasteiger partial charge in [0, 0.05) is 21.5 Å². The molecule has 1 fully saturated rings. The lowest BCUT2D eigenvalue weighted by Crippen LogP contribution is -2.27.